The van der Waals surface area contributed by atoms with Crippen molar-refractivity contribution in [2.24, 2.45) is 0 Å². The number of hydrogen-bond donors (Lipinski definition) is 1. The second-order valence-electron chi connectivity index (χ2n) is 5.96. The summed E-state index contributed by atoms with van der Waals surface area (Å²) in [4.78, 5) is 16.1. The van der Waals surface area contributed by atoms with Crippen LogP contribution in [0.5, 0.6) is 0 Å². The molecule has 1 amide bonds. The molecule has 0 unspecified atom stereocenters. The molecule has 0 aliphatic carbocycles. The van der Waals surface area contributed by atoms with E-state index >= 15 is 0 Å². The van der Waals surface area contributed by atoms with Crippen molar-refractivity contribution in [2.75, 3.05) is 6.54 Å². The number of carbonyl (C=O) groups is 1. The zero-order valence-electron chi connectivity index (χ0n) is 14.7. The first kappa shape index (κ1) is 20.1. The number of pyridine rings is 1. The molecular formula is C21H17F3N2OSe. The molecule has 7 heteroatoms. The van der Waals surface area contributed by atoms with E-state index in [-0.39, 0.29) is 33.1 Å². The fourth-order valence-electron chi connectivity index (χ4n) is 2.56. The summed E-state index contributed by atoms with van der Waals surface area (Å²) in [6.45, 7) is 0.231. The van der Waals surface area contributed by atoms with Crippen LogP contribution in [0.1, 0.15) is 21.6 Å². The van der Waals surface area contributed by atoms with Crippen molar-refractivity contribution in [3.8, 4) is 0 Å². The molecule has 0 radical (unpaired) electrons. The quantitative estimate of drug-likeness (QED) is 0.589. The summed E-state index contributed by atoms with van der Waals surface area (Å²) >= 11 is -0.119. The molecule has 3 rings (SSSR count). The van der Waals surface area contributed by atoms with Gasteiger partial charge in [0, 0.05) is 0 Å². The third-order valence-corrected chi connectivity index (χ3v) is 6.30. The van der Waals surface area contributed by atoms with Crippen LogP contribution in [0, 0.1) is 0 Å². The second kappa shape index (κ2) is 9.04. The molecule has 3 aromatic rings. The van der Waals surface area contributed by atoms with Crippen LogP contribution in [0.4, 0.5) is 13.2 Å². The second-order valence-corrected chi connectivity index (χ2v) is 8.30. The van der Waals surface area contributed by atoms with Gasteiger partial charge in [-0.15, -0.1) is 0 Å². The molecule has 0 saturated carbocycles. The predicted octanol–water partition coefficient (Wildman–Crippen LogP) is 2.73. The van der Waals surface area contributed by atoms with Gasteiger partial charge in [0.1, 0.15) is 0 Å². The summed E-state index contributed by atoms with van der Waals surface area (Å²) in [5.41, 5.74) is 0.200. The third-order valence-electron chi connectivity index (χ3n) is 3.94. The summed E-state index contributed by atoms with van der Waals surface area (Å²) < 4.78 is 41.3. The molecular weight excluding hydrogens is 432 g/mol. The molecule has 0 bridgehead atoms. The van der Waals surface area contributed by atoms with Crippen molar-refractivity contribution in [3.05, 3.63) is 89.7 Å². The van der Waals surface area contributed by atoms with Crippen LogP contribution in [0.15, 0.2) is 72.9 Å². The Morgan fingerprint density at radius 3 is 2.43 bits per heavy atom. The van der Waals surface area contributed by atoms with Gasteiger partial charge in [-0.25, -0.2) is 0 Å². The predicted molar refractivity (Wildman–Crippen MR) is 103 cm³/mol. The summed E-state index contributed by atoms with van der Waals surface area (Å²) in [6, 6.07) is 18.5. The van der Waals surface area contributed by atoms with Gasteiger partial charge in [-0.05, 0) is 0 Å². The number of hydrogen-bond acceptors (Lipinski definition) is 2. The van der Waals surface area contributed by atoms with Gasteiger partial charge in [0.05, 0.1) is 0 Å². The number of rotatable bonds is 6. The standard InChI is InChI=1S/C21H17F3N2OSe/c22-21(23,24)16-9-10-19(28-17-6-2-1-3-7-17)15(14-16)11-13-26-20(27)18-8-4-5-12-25-18/h1-10,12,14H,11,13H2,(H,26,27). The average molecular weight is 449 g/mol. The van der Waals surface area contributed by atoms with Crippen LogP contribution in [0.2, 0.25) is 0 Å². The van der Waals surface area contributed by atoms with Gasteiger partial charge in [-0.2, -0.15) is 0 Å². The van der Waals surface area contributed by atoms with Gasteiger partial charge < -0.3 is 0 Å². The summed E-state index contributed by atoms with van der Waals surface area (Å²) in [5.74, 6) is -0.345. The number of amides is 1. The molecule has 28 heavy (non-hydrogen) atoms. The maximum atomic E-state index is 13.1. The monoisotopic (exact) mass is 450 g/mol. The Hall–Kier alpha value is -2.63. The fraction of sp³-hybridized carbons (Fsp3) is 0.143. The molecule has 1 heterocycles. The molecule has 3 nitrogen and oxygen atoms in total. The molecule has 144 valence electrons. The first-order chi connectivity index (χ1) is 13.4. The molecule has 0 aliphatic heterocycles. The topological polar surface area (TPSA) is 42.0 Å². The van der Waals surface area contributed by atoms with Crippen molar-refractivity contribution < 1.29 is 18.0 Å². The van der Waals surface area contributed by atoms with E-state index in [1.807, 2.05) is 30.3 Å². The van der Waals surface area contributed by atoms with Gasteiger partial charge in [0.25, 0.3) is 0 Å². The van der Waals surface area contributed by atoms with Crippen LogP contribution in [0.25, 0.3) is 0 Å². The number of nitrogens with one attached hydrogen (secondary N) is 1. The van der Waals surface area contributed by atoms with E-state index in [0.717, 1.165) is 15.0 Å². The van der Waals surface area contributed by atoms with Gasteiger partial charge >= 0.3 is 167 Å². The van der Waals surface area contributed by atoms with Crippen LogP contribution in [-0.4, -0.2) is 32.4 Å². The van der Waals surface area contributed by atoms with Crippen LogP contribution in [0.3, 0.4) is 0 Å². The number of alkyl halides is 3. The number of halogens is 3. The number of benzene rings is 2. The average Bonchev–Trinajstić information content (AvgIpc) is 2.69. The molecule has 0 aliphatic rings. The Balaban J connectivity index is 1.75. The zero-order chi connectivity index (χ0) is 20.0. The first-order valence-corrected chi connectivity index (χ1v) is 10.3. The Morgan fingerprint density at radius 2 is 1.75 bits per heavy atom. The van der Waals surface area contributed by atoms with Crippen molar-refractivity contribution in [1.29, 1.82) is 0 Å². The van der Waals surface area contributed by atoms with E-state index in [1.54, 1.807) is 24.3 Å². The summed E-state index contributed by atoms with van der Waals surface area (Å²) in [5, 5.41) is 2.72. The third kappa shape index (κ3) is 5.44. The minimum atomic E-state index is -4.40. The SMILES string of the molecule is O=C(NCCc1cc(C(F)(F)F)ccc1[Se]c1ccccc1)c1ccccn1. The Kier molecular flexibility index (Phi) is 6.49. The summed E-state index contributed by atoms with van der Waals surface area (Å²) in [6.07, 6.45) is -2.57. The minimum absolute atomic E-state index is 0.119. The van der Waals surface area contributed by atoms with Crippen LogP contribution in [-0.2, 0) is 12.6 Å². The van der Waals surface area contributed by atoms with Crippen LogP contribution < -0.4 is 14.2 Å². The van der Waals surface area contributed by atoms with Crippen molar-refractivity contribution in [3.63, 3.8) is 0 Å². The summed E-state index contributed by atoms with van der Waals surface area (Å²) in [7, 11) is 0. The van der Waals surface area contributed by atoms with Gasteiger partial charge in [-0.1, -0.05) is 0 Å². The normalized spacial score (nSPS) is 11.2. The van der Waals surface area contributed by atoms with E-state index in [2.05, 4.69) is 10.3 Å². The van der Waals surface area contributed by atoms with E-state index in [1.165, 1.54) is 12.3 Å². The Labute approximate surface area is 167 Å². The fourth-order valence-corrected chi connectivity index (χ4v) is 4.61. The van der Waals surface area contributed by atoms with E-state index in [0.29, 0.717) is 12.0 Å². The molecule has 1 N–H and O–H groups in total. The van der Waals surface area contributed by atoms with Crippen molar-refractivity contribution in [2.45, 2.75) is 12.6 Å². The zero-order valence-corrected chi connectivity index (χ0v) is 16.5. The van der Waals surface area contributed by atoms with Gasteiger partial charge in [-0.3, -0.25) is 0 Å². The van der Waals surface area contributed by atoms with E-state index < -0.39 is 11.7 Å². The van der Waals surface area contributed by atoms with E-state index in [9.17, 15) is 18.0 Å². The van der Waals surface area contributed by atoms with Gasteiger partial charge in [0.2, 0.25) is 0 Å². The van der Waals surface area contributed by atoms with Gasteiger partial charge in [0.15, 0.2) is 0 Å². The molecule has 0 atom stereocenters. The number of nitrogens with zero attached hydrogens (tertiary/aromatic N) is 1. The number of carbonyl (C=O) groups excluding carboxylic acids is 1. The van der Waals surface area contributed by atoms with E-state index in [4.69, 9.17) is 0 Å². The van der Waals surface area contributed by atoms with Crippen LogP contribution >= 0.6 is 0 Å². The Bertz CT molecular complexity index is 931. The molecule has 0 saturated heterocycles. The molecule has 1 aromatic heterocycles. The van der Waals surface area contributed by atoms with Crippen molar-refractivity contribution >= 4 is 29.8 Å². The van der Waals surface area contributed by atoms with Crippen molar-refractivity contribution in [1.82, 2.24) is 10.3 Å². The molecule has 2 aromatic carbocycles. The molecule has 0 spiro atoms. The maximum absolute atomic E-state index is 13.1. The molecule has 0 fully saturated rings. The first-order valence-electron chi connectivity index (χ1n) is 8.56. The Morgan fingerprint density at radius 1 is 1.00 bits per heavy atom. The number of aromatic nitrogens is 1.